The quantitative estimate of drug-likeness (QED) is 0.685. The molecule has 0 aliphatic carbocycles. The molecule has 1 fully saturated rings. The number of hydrogen-bond acceptors (Lipinski definition) is 3. The fourth-order valence-electron chi connectivity index (χ4n) is 3.62. The lowest BCUT2D eigenvalue weighted by Crippen LogP contribution is -2.37. The molecule has 5 heteroatoms. The van der Waals surface area contributed by atoms with Gasteiger partial charge in [0, 0.05) is 37.0 Å². The Hall–Kier alpha value is -2.24. The van der Waals surface area contributed by atoms with Crippen LogP contribution >= 0.6 is 0 Å². The van der Waals surface area contributed by atoms with Gasteiger partial charge in [0.1, 0.15) is 5.82 Å². The fraction of sp³-hybridized carbons (Fsp3) is 0.350. The lowest BCUT2D eigenvalue weighted by Gasteiger charge is -2.26. The molecule has 0 unspecified atom stereocenters. The number of para-hydroxylation sites is 1. The largest absolute Gasteiger partial charge is 0.379 e. The highest BCUT2D eigenvalue weighted by Crippen LogP contribution is 2.20. The Morgan fingerprint density at radius 1 is 0.960 bits per heavy atom. The number of aromatic nitrogens is 1. The lowest BCUT2D eigenvalue weighted by molar-refractivity contribution is 0.0370. The number of halogens is 1. The maximum absolute atomic E-state index is 13.7. The summed E-state index contributed by atoms with van der Waals surface area (Å²) in [7, 11) is 0. The van der Waals surface area contributed by atoms with E-state index in [0.717, 1.165) is 56.8 Å². The predicted octanol–water partition coefficient (Wildman–Crippen LogP) is 3.02. The number of aryl methyl sites for hydroxylation is 1. The first-order chi connectivity index (χ1) is 12.2. The van der Waals surface area contributed by atoms with Crippen LogP contribution < -0.4 is 5.43 Å². The van der Waals surface area contributed by atoms with Crippen LogP contribution in [0.1, 0.15) is 6.42 Å². The maximum atomic E-state index is 13.7. The van der Waals surface area contributed by atoms with Gasteiger partial charge in [-0.3, -0.25) is 9.69 Å². The normalized spacial score (nSPS) is 15.9. The zero-order valence-electron chi connectivity index (χ0n) is 14.1. The van der Waals surface area contributed by atoms with Gasteiger partial charge in [-0.2, -0.15) is 0 Å². The summed E-state index contributed by atoms with van der Waals surface area (Å²) in [4.78, 5) is 15.1. The van der Waals surface area contributed by atoms with Crippen LogP contribution in [0.25, 0.3) is 21.8 Å². The Bertz CT molecular complexity index is 961. The summed E-state index contributed by atoms with van der Waals surface area (Å²) in [5.41, 5.74) is 1.61. The molecule has 0 radical (unpaired) electrons. The Labute approximate surface area is 145 Å². The molecule has 4 nitrogen and oxygen atoms in total. The van der Waals surface area contributed by atoms with Gasteiger partial charge in [-0.05, 0) is 36.8 Å². The van der Waals surface area contributed by atoms with Gasteiger partial charge in [-0.15, -0.1) is 0 Å². The summed E-state index contributed by atoms with van der Waals surface area (Å²) in [6.07, 6.45) is 0.972. The van der Waals surface area contributed by atoms with Crippen molar-refractivity contribution < 1.29 is 9.13 Å². The molecule has 2 aromatic carbocycles. The van der Waals surface area contributed by atoms with Crippen LogP contribution in [0.4, 0.5) is 4.39 Å². The molecule has 0 atom stereocenters. The first-order valence-corrected chi connectivity index (χ1v) is 8.75. The molecule has 0 amide bonds. The molecule has 1 aliphatic rings. The van der Waals surface area contributed by atoms with Gasteiger partial charge in [0.2, 0.25) is 0 Å². The molecule has 1 aliphatic heterocycles. The minimum atomic E-state index is -0.375. The summed E-state index contributed by atoms with van der Waals surface area (Å²) in [6.45, 7) is 5.31. The minimum Gasteiger partial charge on any atom is -0.379 e. The fourth-order valence-corrected chi connectivity index (χ4v) is 3.62. The zero-order valence-corrected chi connectivity index (χ0v) is 14.1. The van der Waals surface area contributed by atoms with Crippen molar-refractivity contribution in [2.45, 2.75) is 13.0 Å². The first-order valence-electron chi connectivity index (χ1n) is 8.75. The number of rotatable bonds is 4. The third-order valence-corrected chi connectivity index (χ3v) is 4.89. The maximum Gasteiger partial charge on any atom is 0.197 e. The average Bonchev–Trinajstić information content (AvgIpc) is 2.65. The molecular formula is C20H21FN2O2. The van der Waals surface area contributed by atoms with Crippen molar-refractivity contribution in [3.8, 4) is 0 Å². The molecular weight excluding hydrogens is 319 g/mol. The Kier molecular flexibility index (Phi) is 4.51. The number of nitrogens with zero attached hydrogens (tertiary/aromatic N) is 2. The van der Waals surface area contributed by atoms with Gasteiger partial charge in [-0.1, -0.05) is 12.1 Å². The second-order valence-electron chi connectivity index (χ2n) is 6.47. The number of fused-ring (bicyclic) bond motifs is 2. The second-order valence-corrected chi connectivity index (χ2v) is 6.47. The van der Waals surface area contributed by atoms with Crippen LogP contribution in [-0.2, 0) is 11.3 Å². The molecule has 130 valence electrons. The van der Waals surface area contributed by atoms with Gasteiger partial charge >= 0.3 is 0 Å². The minimum absolute atomic E-state index is 0.102. The highest BCUT2D eigenvalue weighted by Gasteiger charge is 2.13. The van der Waals surface area contributed by atoms with E-state index in [2.05, 4.69) is 9.47 Å². The topological polar surface area (TPSA) is 34.5 Å². The molecule has 1 aromatic heterocycles. The molecule has 4 rings (SSSR count). The Balaban J connectivity index is 1.72. The third-order valence-electron chi connectivity index (χ3n) is 4.89. The summed E-state index contributed by atoms with van der Waals surface area (Å²) in [5, 5.41) is 1.09. The standard InChI is InChI=1S/C20H21FN2O2/c21-15-6-7-19-17(14-15)20(24)16-4-1-2-5-18(16)23(19)9-3-8-22-10-12-25-13-11-22/h1-2,4-7,14H,3,8-13H2. The van der Waals surface area contributed by atoms with E-state index in [1.165, 1.54) is 12.1 Å². The third kappa shape index (κ3) is 3.17. The van der Waals surface area contributed by atoms with Crippen molar-refractivity contribution in [1.82, 2.24) is 9.47 Å². The van der Waals surface area contributed by atoms with Gasteiger partial charge in [0.05, 0.1) is 24.2 Å². The van der Waals surface area contributed by atoms with E-state index in [1.54, 1.807) is 6.07 Å². The zero-order chi connectivity index (χ0) is 17.2. The monoisotopic (exact) mass is 340 g/mol. The van der Waals surface area contributed by atoms with E-state index >= 15 is 0 Å². The number of morpholine rings is 1. The molecule has 25 heavy (non-hydrogen) atoms. The molecule has 0 saturated carbocycles. The predicted molar refractivity (Wildman–Crippen MR) is 97.5 cm³/mol. The van der Waals surface area contributed by atoms with Crippen LogP contribution in [0.2, 0.25) is 0 Å². The highest BCUT2D eigenvalue weighted by atomic mass is 19.1. The molecule has 1 saturated heterocycles. The van der Waals surface area contributed by atoms with Gasteiger partial charge in [-0.25, -0.2) is 4.39 Å². The smallest absolute Gasteiger partial charge is 0.197 e. The number of hydrogen-bond donors (Lipinski definition) is 0. The SMILES string of the molecule is O=c1c2ccccc2n(CCCN2CCOCC2)c2ccc(F)cc12. The molecule has 0 spiro atoms. The van der Waals surface area contributed by atoms with Crippen molar-refractivity contribution in [3.05, 3.63) is 58.5 Å². The second kappa shape index (κ2) is 6.94. The average molecular weight is 340 g/mol. The molecule has 0 bridgehead atoms. The number of benzene rings is 2. The van der Waals surface area contributed by atoms with Crippen LogP contribution in [0.3, 0.4) is 0 Å². The van der Waals surface area contributed by atoms with Crippen molar-refractivity contribution in [2.24, 2.45) is 0 Å². The van der Waals surface area contributed by atoms with E-state index in [-0.39, 0.29) is 11.2 Å². The van der Waals surface area contributed by atoms with E-state index < -0.39 is 0 Å². The summed E-state index contributed by atoms with van der Waals surface area (Å²) in [6, 6.07) is 12.1. The molecule has 2 heterocycles. The van der Waals surface area contributed by atoms with Gasteiger partial charge in [0.15, 0.2) is 5.43 Å². The summed E-state index contributed by atoms with van der Waals surface area (Å²) in [5.74, 6) is -0.375. The van der Waals surface area contributed by atoms with Crippen LogP contribution in [0.15, 0.2) is 47.3 Å². The first kappa shape index (κ1) is 16.2. The van der Waals surface area contributed by atoms with E-state index in [1.807, 2.05) is 24.3 Å². The van der Waals surface area contributed by atoms with Crippen LogP contribution in [0.5, 0.6) is 0 Å². The number of ether oxygens (including phenoxy) is 1. The summed E-state index contributed by atoms with van der Waals surface area (Å²) < 4.78 is 21.2. The summed E-state index contributed by atoms with van der Waals surface area (Å²) >= 11 is 0. The van der Waals surface area contributed by atoms with Gasteiger partial charge < -0.3 is 9.30 Å². The number of pyridine rings is 1. The van der Waals surface area contributed by atoms with Crippen molar-refractivity contribution in [1.29, 1.82) is 0 Å². The van der Waals surface area contributed by atoms with Crippen molar-refractivity contribution in [3.63, 3.8) is 0 Å². The Morgan fingerprint density at radius 2 is 1.72 bits per heavy atom. The van der Waals surface area contributed by atoms with Crippen molar-refractivity contribution >= 4 is 21.8 Å². The van der Waals surface area contributed by atoms with Crippen LogP contribution in [-0.4, -0.2) is 42.3 Å². The van der Waals surface area contributed by atoms with E-state index in [4.69, 9.17) is 4.74 Å². The van der Waals surface area contributed by atoms with Gasteiger partial charge in [0.25, 0.3) is 0 Å². The van der Waals surface area contributed by atoms with Crippen molar-refractivity contribution in [2.75, 3.05) is 32.8 Å². The van der Waals surface area contributed by atoms with E-state index in [0.29, 0.717) is 10.8 Å². The highest BCUT2D eigenvalue weighted by molar-refractivity contribution is 5.93. The molecule has 0 N–H and O–H groups in total. The lowest BCUT2D eigenvalue weighted by atomic mass is 10.1. The molecule has 3 aromatic rings. The van der Waals surface area contributed by atoms with E-state index in [9.17, 15) is 9.18 Å². The van der Waals surface area contributed by atoms with Crippen LogP contribution in [0, 0.1) is 5.82 Å². The Morgan fingerprint density at radius 3 is 2.56 bits per heavy atom.